The molecule has 8 heteroatoms. The highest BCUT2D eigenvalue weighted by Gasteiger charge is 2.25. The summed E-state index contributed by atoms with van der Waals surface area (Å²) in [4.78, 5) is 12.0. The van der Waals surface area contributed by atoms with Gasteiger partial charge in [0, 0.05) is 21.5 Å². The molecular formula is C67H36N8. The van der Waals surface area contributed by atoms with Crippen LogP contribution in [-0.2, 0) is 0 Å². The fourth-order valence-electron chi connectivity index (χ4n) is 10.8. The van der Waals surface area contributed by atoms with Crippen LogP contribution in [0.2, 0.25) is 0 Å². The molecule has 0 atom stereocenters. The highest BCUT2D eigenvalue weighted by Crippen LogP contribution is 2.47. The number of aryl methyl sites for hydroxylation is 1. The van der Waals surface area contributed by atoms with Crippen LogP contribution in [0.1, 0.15) is 22.3 Å². The third-order valence-corrected chi connectivity index (χ3v) is 14.1. The average Bonchev–Trinajstić information content (AvgIpc) is 4.05. The van der Waals surface area contributed by atoms with Gasteiger partial charge in [-0.05, 0) is 153 Å². The molecule has 0 amide bonds. The first-order valence-corrected chi connectivity index (χ1v) is 24.0. The third kappa shape index (κ3) is 7.41. The fourth-order valence-corrected chi connectivity index (χ4v) is 10.8. The smallest absolute Gasteiger partial charge is 0.197 e. The topological polar surface area (TPSA) is 94.3 Å². The molecule has 2 heterocycles. The Hall–Kier alpha value is -11.3. The van der Waals surface area contributed by atoms with Crippen molar-refractivity contribution in [1.82, 2.24) is 9.13 Å². The highest BCUT2D eigenvalue weighted by molar-refractivity contribution is 6.15. The summed E-state index contributed by atoms with van der Waals surface area (Å²) in [5.74, 6) is 0. The zero-order valence-corrected chi connectivity index (χ0v) is 40.1. The van der Waals surface area contributed by atoms with E-state index in [0.717, 1.165) is 105 Å². The van der Waals surface area contributed by atoms with Crippen LogP contribution in [0.15, 0.2) is 200 Å². The maximum Gasteiger partial charge on any atom is 0.197 e. The quantitative estimate of drug-likeness (QED) is 0.149. The maximum atomic E-state index is 10.3. The van der Waals surface area contributed by atoms with E-state index in [9.17, 15) is 15.8 Å². The number of fused-ring (bicyclic) bond motifs is 6. The van der Waals surface area contributed by atoms with E-state index in [1.807, 2.05) is 153 Å². The predicted octanol–water partition coefficient (Wildman–Crippen LogP) is 17.8. The summed E-state index contributed by atoms with van der Waals surface area (Å²) in [6.07, 6.45) is 0. The minimum absolute atomic E-state index is 0.384. The molecule has 12 aromatic rings. The average molecular weight is 953 g/mol. The minimum atomic E-state index is 0.384. The van der Waals surface area contributed by atoms with Gasteiger partial charge in [0.05, 0.1) is 88.1 Å². The largest absolute Gasteiger partial charge is 0.308 e. The normalized spacial score (nSPS) is 10.9. The third-order valence-electron chi connectivity index (χ3n) is 14.1. The second kappa shape index (κ2) is 18.2. The molecule has 0 aliphatic carbocycles. The highest BCUT2D eigenvalue weighted by atomic mass is 15.1. The van der Waals surface area contributed by atoms with E-state index >= 15 is 0 Å². The van der Waals surface area contributed by atoms with Crippen LogP contribution in [0, 0.1) is 60.6 Å². The molecule has 0 bridgehead atoms. The van der Waals surface area contributed by atoms with Crippen LogP contribution in [0.5, 0.6) is 0 Å². The van der Waals surface area contributed by atoms with E-state index in [1.54, 1.807) is 0 Å². The van der Waals surface area contributed by atoms with E-state index in [2.05, 4.69) is 96.5 Å². The van der Waals surface area contributed by atoms with Crippen LogP contribution >= 0.6 is 0 Å². The molecule has 0 spiro atoms. The SMILES string of the molecule is [C-]#[N+]c1ccccc1-c1ccc2c(c1)c1cc(-c3ccccc3C#N)ccc1n2-c1cc([N+]#[C-])c(-c2cc(C)cc(C#N)c2)cc1-n1c2ccc(-c3ccccc3C#N)cc2c2cc(-c3ccccc3[N+]#[C-])ccc21. The van der Waals surface area contributed by atoms with Gasteiger partial charge in [-0.25, -0.2) is 14.5 Å². The minimum Gasteiger partial charge on any atom is -0.308 e. The lowest BCUT2D eigenvalue weighted by Crippen LogP contribution is -2.04. The van der Waals surface area contributed by atoms with Crippen molar-refractivity contribution in [3.05, 3.63) is 257 Å². The van der Waals surface area contributed by atoms with E-state index in [0.29, 0.717) is 45.0 Å². The lowest BCUT2D eigenvalue weighted by molar-refractivity contribution is 1.10. The zero-order chi connectivity index (χ0) is 51.3. The van der Waals surface area contributed by atoms with Crippen LogP contribution in [-0.4, -0.2) is 9.13 Å². The number of aromatic nitrogens is 2. The zero-order valence-electron chi connectivity index (χ0n) is 40.1. The number of rotatable bonds is 7. The molecule has 2 aromatic heterocycles. The Morgan fingerprint density at radius 3 is 1.15 bits per heavy atom. The van der Waals surface area contributed by atoms with Crippen molar-refractivity contribution in [2.24, 2.45) is 0 Å². The van der Waals surface area contributed by atoms with E-state index < -0.39 is 0 Å². The summed E-state index contributed by atoms with van der Waals surface area (Å²) in [7, 11) is 0. The second-order valence-corrected chi connectivity index (χ2v) is 18.3. The first-order chi connectivity index (χ1) is 36.8. The number of para-hydroxylation sites is 2. The van der Waals surface area contributed by atoms with Crippen molar-refractivity contribution in [2.75, 3.05) is 0 Å². The van der Waals surface area contributed by atoms with Gasteiger partial charge in [-0.1, -0.05) is 115 Å². The Balaban J connectivity index is 1.23. The molecule has 8 nitrogen and oxygen atoms in total. The van der Waals surface area contributed by atoms with E-state index in [4.69, 9.17) is 19.7 Å². The molecule has 0 aliphatic rings. The van der Waals surface area contributed by atoms with Crippen molar-refractivity contribution in [3.63, 3.8) is 0 Å². The molecule has 0 saturated carbocycles. The molecule has 10 aromatic carbocycles. The summed E-state index contributed by atoms with van der Waals surface area (Å²) in [6, 6.07) is 72.1. The van der Waals surface area contributed by atoms with Crippen molar-refractivity contribution in [2.45, 2.75) is 6.92 Å². The number of benzene rings is 10. The summed E-state index contributed by atoms with van der Waals surface area (Å²) in [5, 5.41) is 34.3. The molecule has 0 N–H and O–H groups in total. The Morgan fingerprint density at radius 2 is 0.733 bits per heavy atom. The standard InChI is InChI=1S/C67H36N8/c1-41-29-42(38-68)31-49(30-41)54-36-66(74-62-25-21-43(50-15-7-5-13-47(50)39-69)32-55(62)57-34-45(23-27-63(57)74)52-17-9-11-19-59(52)71-2)67(37-61(54)73-4)75-64-26-22-44(51-16-8-6-14-48(51)40-70)33-56(64)58-35-46(24-28-65(58)75)53-18-10-12-20-60(53)72-3/h5-37H,1H3. The lowest BCUT2D eigenvalue weighted by Gasteiger charge is -2.20. The lowest BCUT2D eigenvalue weighted by atomic mass is 9.97. The van der Waals surface area contributed by atoms with Gasteiger partial charge in [0.2, 0.25) is 0 Å². The number of nitriles is 3. The predicted molar refractivity (Wildman–Crippen MR) is 300 cm³/mol. The molecule has 0 saturated heterocycles. The Morgan fingerprint density at radius 1 is 0.347 bits per heavy atom. The molecule has 0 aliphatic heterocycles. The van der Waals surface area contributed by atoms with Crippen molar-refractivity contribution in [3.8, 4) is 85.2 Å². The van der Waals surface area contributed by atoms with E-state index in [1.165, 1.54) is 0 Å². The van der Waals surface area contributed by atoms with Gasteiger partial charge in [0.1, 0.15) is 0 Å². The van der Waals surface area contributed by atoms with Crippen molar-refractivity contribution in [1.29, 1.82) is 15.8 Å². The van der Waals surface area contributed by atoms with Crippen LogP contribution < -0.4 is 0 Å². The van der Waals surface area contributed by atoms with Crippen molar-refractivity contribution < 1.29 is 0 Å². The molecule has 0 fully saturated rings. The van der Waals surface area contributed by atoms with Gasteiger partial charge in [-0.2, -0.15) is 15.8 Å². The van der Waals surface area contributed by atoms with Crippen LogP contribution in [0.25, 0.3) is 125 Å². The first-order valence-electron chi connectivity index (χ1n) is 24.0. The van der Waals surface area contributed by atoms with E-state index in [-0.39, 0.29) is 0 Å². The van der Waals surface area contributed by atoms with Gasteiger partial charge in [-0.3, -0.25) is 0 Å². The number of nitrogens with zero attached hydrogens (tertiary/aromatic N) is 8. The summed E-state index contributed by atoms with van der Waals surface area (Å²) in [5.41, 5.74) is 16.8. The summed E-state index contributed by atoms with van der Waals surface area (Å²) < 4.78 is 4.44. The molecular weight excluding hydrogens is 917 g/mol. The van der Waals surface area contributed by atoms with Gasteiger partial charge < -0.3 is 9.13 Å². The molecule has 0 radical (unpaired) electrons. The maximum absolute atomic E-state index is 10.3. The molecule has 12 rings (SSSR count). The molecule has 344 valence electrons. The monoisotopic (exact) mass is 952 g/mol. The van der Waals surface area contributed by atoms with Gasteiger partial charge >= 0.3 is 0 Å². The second-order valence-electron chi connectivity index (χ2n) is 18.3. The number of hydrogen-bond acceptors (Lipinski definition) is 3. The molecule has 75 heavy (non-hydrogen) atoms. The first kappa shape index (κ1) is 44.9. The van der Waals surface area contributed by atoms with Gasteiger partial charge in [-0.15, -0.1) is 0 Å². The van der Waals surface area contributed by atoms with Gasteiger partial charge in [0.25, 0.3) is 0 Å². The van der Waals surface area contributed by atoms with Crippen molar-refractivity contribution >= 4 is 60.7 Å². The molecule has 0 unspecified atom stereocenters. The van der Waals surface area contributed by atoms with Crippen LogP contribution in [0.3, 0.4) is 0 Å². The Bertz CT molecular complexity index is 4470. The summed E-state index contributed by atoms with van der Waals surface area (Å²) >= 11 is 0. The fraction of sp³-hybridized carbons (Fsp3) is 0.0149. The number of hydrogen-bond donors (Lipinski definition) is 0. The Kier molecular flexibility index (Phi) is 10.9. The Labute approximate surface area is 432 Å². The van der Waals surface area contributed by atoms with Gasteiger partial charge in [0.15, 0.2) is 17.1 Å². The van der Waals surface area contributed by atoms with Crippen LogP contribution in [0.4, 0.5) is 17.1 Å². The summed E-state index contributed by atoms with van der Waals surface area (Å²) in [6.45, 7) is 26.8.